The van der Waals surface area contributed by atoms with Gasteiger partial charge in [-0.25, -0.2) is 4.98 Å². The lowest BCUT2D eigenvalue weighted by molar-refractivity contribution is 0.223. The van der Waals surface area contributed by atoms with Crippen molar-refractivity contribution in [2.75, 3.05) is 11.9 Å². The molecule has 2 N–H and O–H groups in total. The standard InChI is InChI=1S/C13H16N2OS/c1-10-4-3-5-11(8-10)15-13(2,9-16)12-14-6-7-17-12/h3-8,15-16H,9H2,1-2H3. The number of hydrogen-bond donors (Lipinski definition) is 2. The third-order valence-electron chi connectivity index (χ3n) is 2.66. The van der Waals surface area contributed by atoms with E-state index in [1.54, 1.807) is 17.5 Å². The Labute approximate surface area is 105 Å². The first-order valence-corrected chi connectivity index (χ1v) is 6.38. The first-order valence-electron chi connectivity index (χ1n) is 5.50. The van der Waals surface area contributed by atoms with Crippen LogP contribution in [-0.2, 0) is 5.54 Å². The van der Waals surface area contributed by atoms with Crippen LogP contribution in [-0.4, -0.2) is 16.7 Å². The molecule has 90 valence electrons. The highest BCUT2D eigenvalue weighted by Crippen LogP contribution is 2.27. The molecule has 1 heterocycles. The van der Waals surface area contributed by atoms with E-state index in [9.17, 15) is 5.11 Å². The van der Waals surface area contributed by atoms with Crippen molar-refractivity contribution < 1.29 is 5.11 Å². The van der Waals surface area contributed by atoms with Crippen LogP contribution < -0.4 is 5.32 Å². The highest BCUT2D eigenvalue weighted by molar-refractivity contribution is 7.09. The van der Waals surface area contributed by atoms with Gasteiger partial charge in [0.2, 0.25) is 0 Å². The maximum absolute atomic E-state index is 9.59. The van der Waals surface area contributed by atoms with Crippen molar-refractivity contribution in [3.05, 3.63) is 46.4 Å². The van der Waals surface area contributed by atoms with Crippen LogP contribution in [0.15, 0.2) is 35.8 Å². The van der Waals surface area contributed by atoms with Crippen LogP contribution >= 0.6 is 11.3 Å². The average Bonchev–Trinajstić information content (AvgIpc) is 2.83. The van der Waals surface area contributed by atoms with Crippen molar-refractivity contribution >= 4 is 17.0 Å². The van der Waals surface area contributed by atoms with Crippen LogP contribution in [0.4, 0.5) is 5.69 Å². The van der Waals surface area contributed by atoms with Crippen LogP contribution in [0.25, 0.3) is 0 Å². The van der Waals surface area contributed by atoms with Gasteiger partial charge in [0.1, 0.15) is 10.5 Å². The maximum Gasteiger partial charge on any atom is 0.120 e. The molecule has 0 radical (unpaired) electrons. The molecular weight excluding hydrogens is 232 g/mol. The van der Waals surface area contributed by atoms with Gasteiger partial charge in [0.15, 0.2) is 0 Å². The molecule has 0 aliphatic rings. The van der Waals surface area contributed by atoms with Crippen molar-refractivity contribution in [3.8, 4) is 0 Å². The largest absolute Gasteiger partial charge is 0.393 e. The number of aliphatic hydroxyl groups excluding tert-OH is 1. The molecule has 1 aromatic heterocycles. The molecule has 1 atom stereocenters. The van der Waals surface area contributed by atoms with Crippen LogP contribution in [0.3, 0.4) is 0 Å². The Morgan fingerprint density at radius 3 is 2.88 bits per heavy atom. The Morgan fingerprint density at radius 2 is 2.29 bits per heavy atom. The number of aromatic nitrogens is 1. The van der Waals surface area contributed by atoms with E-state index in [4.69, 9.17) is 0 Å². The van der Waals surface area contributed by atoms with Gasteiger partial charge in [0.05, 0.1) is 6.61 Å². The summed E-state index contributed by atoms with van der Waals surface area (Å²) >= 11 is 1.54. The lowest BCUT2D eigenvalue weighted by atomic mass is 10.0. The molecule has 0 aliphatic carbocycles. The normalized spacial score (nSPS) is 14.3. The SMILES string of the molecule is Cc1cccc(NC(C)(CO)c2nccs2)c1. The zero-order valence-corrected chi connectivity index (χ0v) is 10.8. The molecule has 0 spiro atoms. The number of nitrogens with zero attached hydrogens (tertiary/aromatic N) is 1. The second-order valence-electron chi connectivity index (χ2n) is 4.32. The third-order valence-corrected chi connectivity index (χ3v) is 3.70. The summed E-state index contributed by atoms with van der Waals surface area (Å²) in [5, 5.41) is 15.7. The molecule has 3 nitrogen and oxygen atoms in total. The van der Waals surface area contributed by atoms with Gasteiger partial charge in [-0.1, -0.05) is 12.1 Å². The van der Waals surface area contributed by atoms with Crippen molar-refractivity contribution in [2.24, 2.45) is 0 Å². The molecule has 0 fully saturated rings. The van der Waals surface area contributed by atoms with E-state index in [2.05, 4.69) is 16.4 Å². The lowest BCUT2D eigenvalue weighted by Crippen LogP contribution is -2.35. The minimum atomic E-state index is -0.526. The van der Waals surface area contributed by atoms with Gasteiger partial charge in [0.25, 0.3) is 0 Å². The number of rotatable bonds is 4. The first-order chi connectivity index (χ1) is 8.14. The summed E-state index contributed by atoms with van der Waals surface area (Å²) in [5.41, 5.74) is 1.66. The van der Waals surface area contributed by atoms with Crippen LogP contribution in [0.1, 0.15) is 17.5 Å². The predicted octanol–water partition coefficient (Wildman–Crippen LogP) is 2.77. The topological polar surface area (TPSA) is 45.1 Å². The van der Waals surface area contributed by atoms with Crippen molar-refractivity contribution in [2.45, 2.75) is 19.4 Å². The number of anilines is 1. The average molecular weight is 248 g/mol. The molecule has 2 aromatic rings. The lowest BCUT2D eigenvalue weighted by Gasteiger charge is -2.27. The van der Waals surface area contributed by atoms with Gasteiger partial charge in [-0.05, 0) is 31.5 Å². The van der Waals surface area contributed by atoms with Crippen LogP contribution in [0, 0.1) is 6.92 Å². The summed E-state index contributed by atoms with van der Waals surface area (Å²) in [4.78, 5) is 4.27. The molecule has 1 aromatic carbocycles. The smallest absolute Gasteiger partial charge is 0.120 e. The number of aliphatic hydroxyl groups is 1. The first kappa shape index (κ1) is 12.1. The molecule has 2 rings (SSSR count). The van der Waals surface area contributed by atoms with E-state index < -0.39 is 5.54 Å². The molecule has 0 saturated carbocycles. The second kappa shape index (κ2) is 4.85. The number of thiazole rings is 1. The highest BCUT2D eigenvalue weighted by Gasteiger charge is 2.28. The Morgan fingerprint density at radius 1 is 1.47 bits per heavy atom. The van der Waals surface area contributed by atoms with E-state index in [1.807, 2.05) is 37.4 Å². The molecule has 4 heteroatoms. The third kappa shape index (κ3) is 2.65. The number of benzene rings is 1. The van der Waals surface area contributed by atoms with Gasteiger partial charge in [-0.2, -0.15) is 0 Å². The van der Waals surface area contributed by atoms with Crippen molar-refractivity contribution in [3.63, 3.8) is 0 Å². The summed E-state index contributed by atoms with van der Waals surface area (Å²) < 4.78 is 0. The van der Waals surface area contributed by atoms with Gasteiger partial charge in [0, 0.05) is 17.3 Å². The van der Waals surface area contributed by atoms with Gasteiger partial charge < -0.3 is 10.4 Å². The Kier molecular flexibility index (Phi) is 3.45. The Balaban J connectivity index is 2.26. The predicted molar refractivity (Wildman–Crippen MR) is 71.4 cm³/mol. The quantitative estimate of drug-likeness (QED) is 0.874. The maximum atomic E-state index is 9.59. The van der Waals surface area contributed by atoms with Crippen molar-refractivity contribution in [1.29, 1.82) is 0 Å². The van der Waals surface area contributed by atoms with Gasteiger partial charge in [-0.15, -0.1) is 11.3 Å². The zero-order chi connectivity index (χ0) is 12.3. The summed E-state index contributed by atoms with van der Waals surface area (Å²) in [6, 6.07) is 8.10. The molecule has 1 unspecified atom stereocenters. The van der Waals surface area contributed by atoms with Crippen molar-refractivity contribution in [1.82, 2.24) is 4.98 Å². The Bertz CT molecular complexity index is 484. The minimum Gasteiger partial charge on any atom is -0.393 e. The van der Waals surface area contributed by atoms with E-state index in [-0.39, 0.29) is 6.61 Å². The van der Waals surface area contributed by atoms with Crippen LogP contribution in [0.2, 0.25) is 0 Å². The molecule has 0 saturated heterocycles. The Hall–Kier alpha value is -1.39. The van der Waals surface area contributed by atoms with E-state index in [1.165, 1.54) is 5.56 Å². The molecular formula is C13H16N2OS. The van der Waals surface area contributed by atoms with Crippen LogP contribution in [0.5, 0.6) is 0 Å². The van der Waals surface area contributed by atoms with Gasteiger partial charge in [-0.3, -0.25) is 0 Å². The fraction of sp³-hybridized carbons (Fsp3) is 0.308. The summed E-state index contributed by atoms with van der Waals surface area (Å²) in [5.74, 6) is 0. The van der Waals surface area contributed by atoms with E-state index in [0.717, 1.165) is 10.7 Å². The fourth-order valence-electron chi connectivity index (χ4n) is 1.70. The second-order valence-corrected chi connectivity index (χ2v) is 5.22. The molecule has 0 bridgehead atoms. The van der Waals surface area contributed by atoms with Gasteiger partial charge >= 0.3 is 0 Å². The van der Waals surface area contributed by atoms with E-state index in [0.29, 0.717) is 0 Å². The zero-order valence-electron chi connectivity index (χ0n) is 9.97. The summed E-state index contributed by atoms with van der Waals surface area (Å²) in [6.45, 7) is 4.01. The summed E-state index contributed by atoms with van der Waals surface area (Å²) in [6.07, 6.45) is 1.76. The minimum absolute atomic E-state index is 0.00839. The van der Waals surface area contributed by atoms with E-state index >= 15 is 0 Å². The monoisotopic (exact) mass is 248 g/mol. The molecule has 0 amide bonds. The number of nitrogens with one attached hydrogen (secondary N) is 1. The molecule has 0 aliphatic heterocycles. The molecule has 17 heavy (non-hydrogen) atoms. The highest BCUT2D eigenvalue weighted by atomic mass is 32.1. The number of hydrogen-bond acceptors (Lipinski definition) is 4. The summed E-state index contributed by atoms with van der Waals surface area (Å²) in [7, 11) is 0. The fourth-order valence-corrected chi connectivity index (χ4v) is 2.45. The number of aryl methyl sites for hydroxylation is 1.